The SMILES string of the molecule is O=C(Nc1ccc(F)c(C(F)(F)F)c1)c1ccc(-n2ccnc2)nn1. The molecule has 1 aromatic carbocycles. The van der Waals surface area contributed by atoms with Crippen molar-refractivity contribution < 1.29 is 22.4 Å². The van der Waals surface area contributed by atoms with E-state index in [-0.39, 0.29) is 11.4 Å². The molecular formula is C15H9F4N5O. The summed E-state index contributed by atoms with van der Waals surface area (Å²) in [5, 5.41) is 9.76. The second-order valence-electron chi connectivity index (χ2n) is 4.89. The molecule has 25 heavy (non-hydrogen) atoms. The summed E-state index contributed by atoms with van der Waals surface area (Å²) in [7, 11) is 0. The lowest BCUT2D eigenvalue weighted by molar-refractivity contribution is -0.139. The molecule has 0 aliphatic heterocycles. The number of hydrogen-bond acceptors (Lipinski definition) is 4. The quantitative estimate of drug-likeness (QED) is 0.736. The first-order chi connectivity index (χ1) is 11.8. The minimum absolute atomic E-state index is 0.109. The molecule has 2 aromatic heterocycles. The van der Waals surface area contributed by atoms with E-state index in [0.29, 0.717) is 18.0 Å². The number of hydrogen-bond donors (Lipinski definition) is 1. The number of amides is 1. The van der Waals surface area contributed by atoms with E-state index in [1.54, 1.807) is 10.8 Å². The maximum absolute atomic E-state index is 13.2. The van der Waals surface area contributed by atoms with Gasteiger partial charge in [0.1, 0.15) is 12.1 Å². The predicted molar refractivity (Wildman–Crippen MR) is 78.5 cm³/mol. The number of anilines is 1. The molecule has 1 amide bonds. The molecule has 1 N–H and O–H groups in total. The Morgan fingerprint density at radius 2 is 1.92 bits per heavy atom. The van der Waals surface area contributed by atoms with Crippen LogP contribution in [-0.2, 0) is 6.18 Å². The van der Waals surface area contributed by atoms with Gasteiger partial charge < -0.3 is 5.32 Å². The predicted octanol–water partition coefficient (Wildman–Crippen LogP) is 3.07. The van der Waals surface area contributed by atoms with E-state index in [9.17, 15) is 22.4 Å². The molecule has 0 aliphatic rings. The lowest BCUT2D eigenvalue weighted by Gasteiger charge is -2.11. The Bertz CT molecular complexity index is 891. The Morgan fingerprint density at radius 3 is 2.52 bits per heavy atom. The maximum atomic E-state index is 13.2. The van der Waals surface area contributed by atoms with Gasteiger partial charge in [-0.2, -0.15) is 13.2 Å². The summed E-state index contributed by atoms with van der Waals surface area (Å²) in [6, 6.07) is 5.02. The summed E-state index contributed by atoms with van der Waals surface area (Å²) in [4.78, 5) is 15.9. The van der Waals surface area contributed by atoms with Gasteiger partial charge in [-0.25, -0.2) is 9.37 Å². The van der Waals surface area contributed by atoms with Crippen LogP contribution in [-0.4, -0.2) is 25.7 Å². The van der Waals surface area contributed by atoms with Crippen LogP contribution in [0.1, 0.15) is 16.1 Å². The van der Waals surface area contributed by atoms with Crippen molar-refractivity contribution in [2.45, 2.75) is 6.18 Å². The van der Waals surface area contributed by atoms with Crippen molar-refractivity contribution >= 4 is 11.6 Å². The fourth-order valence-corrected chi connectivity index (χ4v) is 1.99. The number of rotatable bonds is 3. The molecule has 3 rings (SSSR count). The van der Waals surface area contributed by atoms with Crippen LogP contribution in [0.25, 0.3) is 5.82 Å². The number of alkyl halides is 3. The third-order valence-electron chi connectivity index (χ3n) is 3.18. The summed E-state index contributed by atoms with van der Waals surface area (Å²) in [6.45, 7) is 0. The van der Waals surface area contributed by atoms with E-state index in [1.165, 1.54) is 24.7 Å². The first-order valence-electron chi connectivity index (χ1n) is 6.85. The Labute approximate surface area is 138 Å². The monoisotopic (exact) mass is 351 g/mol. The third kappa shape index (κ3) is 3.62. The average Bonchev–Trinajstić information content (AvgIpc) is 3.10. The standard InChI is InChI=1S/C15H9F4N5O/c16-11-2-1-9(7-10(11)15(17,18)19)21-14(25)12-3-4-13(23-22-12)24-6-5-20-8-24/h1-8H,(H,21,25). The zero-order valence-corrected chi connectivity index (χ0v) is 12.3. The molecule has 0 radical (unpaired) electrons. The lowest BCUT2D eigenvalue weighted by Crippen LogP contribution is -2.16. The van der Waals surface area contributed by atoms with Crippen LogP contribution in [0.2, 0.25) is 0 Å². The Balaban J connectivity index is 1.78. The number of nitrogens with one attached hydrogen (secondary N) is 1. The molecule has 0 spiro atoms. The number of aromatic nitrogens is 4. The van der Waals surface area contributed by atoms with Gasteiger partial charge in [0.2, 0.25) is 0 Å². The van der Waals surface area contributed by atoms with E-state index in [2.05, 4.69) is 20.5 Å². The van der Waals surface area contributed by atoms with Crippen LogP contribution in [0.5, 0.6) is 0 Å². The fraction of sp³-hybridized carbons (Fsp3) is 0.0667. The van der Waals surface area contributed by atoms with E-state index in [4.69, 9.17) is 0 Å². The van der Waals surface area contributed by atoms with Gasteiger partial charge in [-0.3, -0.25) is 9.36 Å². The van der Waals surface area contributed by atoms with Crippen molar-refractivity contribution in [3.05, 3.63) is 66.1 Å². The van der Waals surface area contributed by atoms with Crippen LogP contribution in [0.4, 0.5) is 23.2 Å². The highest BCUT2D eigenvalue weighted by atomic mass is 19.4. The van der Waals surface area contributed by atoms with Gasteiger partial charge in [0.15, 0.2) is 11.5 Å². The van der Waals surface area contributed by atoms with Crippen LogP contribution in [0.3, 0.4) is 0 Å². The molecule has 0 aliphatic carbocycles. The van der Waals surface area contributed by atoms with E-state index in [1.807, 2.05) is 0 Å². The highest BCUT2D eigenvalue weighted by Crippen LogP contribution is 2.33. The largest absolute Gasteiger partial charge is 0.419 e. The van der Waals surface area contributed by atoms with Gasteiger partial charge in [-0.15, -0.1) is 10.2 Å². The molecule has 6 nitrogen and oxygen atoms in total. The van der Waals surface area contributed by atoms with Crippen molar-refractivity contribution in [1.82, 2.24) is 19.7 Å². The molecule has 0 atom stereocenters. The topological polar surface area (TPSA) is 72.7 Å². The molecule has 3 aromatic rings. The molecule has 10 heteroatoms. The molecule has 0 bridgehead atoms. The Morgan fingerprint density at radius 1 is 1.12 bits per heavy atom. The van der Waals surface area contributed by atoms with E-state index < -0.39 is 23.5 Å². The summed E-state index contributed by atoms with van der Waals surface area (Å²) >= 11 is 0. The van der Waals surface area contributed by atoms with Gasteiger partial charge in [-0.05, 0) is 30.3 Å². The highest BCUT2D eigenvalue weighted by molar-refractivity contribution is 6.02. The Hall–Kier alpha value is -3.30. The Kier molecular flexibility index (Phi) is 4.17. The molecule has 0 unspecified atom stereocenters. The minimum atomic E-state index is -4.86. The molecule has 0 fully saturated rings. The molecule has 2 heterocycles. The summed E-state index contributed by atoms with van der Waals surface area (Å²) in [5.74, 6) is -1.78. The second kappa shape index (κ2) is 6.30. The first kappa shape index (κ1) is 16.6. The van der Waals surface area contributed by atoms with E-state index >= 15 is 0 Å². The van der Waals surface area contributed by atoms with Crippen LogP contribution < -0.4 is 5.32 Å². The van der Waals surface area contributed by atoms with Gasteiger partial charge in [0, 0.05) is 18.1 Å². The highest BCUT2D eigenvalue weighted by Gasteiger charge is 2.34. The summed E-state index contributed by atoms with van der Waals surface area (Å²) in [5.41, 5.74) is -1.78. The molecule has 0 saturated heterocycles. The summed E-state index contributed by atoms with van der Waals surface area (Å²) in [6.07, 6.45) is -0.214. The van der Waals surface area contributed by atoms with Gasteiger partial charge in [-0.1, -0.05) is 0 Å². The number of carbonyl (C=O) groups excluding carboxylic acids is 1. The van der Waals surface area contributed by atoms with Crippen molar-refractivity contribution in [1.29, 1.82) is 0 Å². The number of nitrogens with zero attached hydrogens (tertiary/aromatic N) is 4. The zero-order valence-electron chi connectivity index (χ0n) is 12.3. The van der Waals surface area contributed by atoms with E-state index in [0.717, 1.165) is 6.07 Å². The van der Waals surface area contributed by atoms with Gasteiger partial charge in [0.05, 0.1) is 5.56 Å². The van der Waals surface area contributed by atoms with Gasteiger partial charge >= 0.3 is 6.18 Å². The zero-order chi connectivity index (χ0) is 18.0. The van der Waals surface area contributed by atoms with Crippen molar-refractivity contribution in [2.24, 2.45) is 0 Å². The maximum Gasteiger partial charge on any atom is 0.419 e. The minimum Gasteiger partial charge on any atom is -0.321 e. The van der Waals surface area contributed by atoms with Crippen molar-refractivity contribution in [3.8, 4) is 5.82 Å². The van der Waals surface area contributed by atoms with Crippen molar-refractivity contribution in [3.63, 3.8) is 0 Å². The number of carbonyl (C=O) groups is 1. The molecule has 128 valence electrons. The molecular weight excluding hydrogens is 342 g/mol. The molecule has 0 saturated carbocycles. The van der Waals surface area contributed by atoms with Crippen LogP contribution in [0.15, 0.2) is 49.1 Å². The van der Waals surface area contributed by atoms with Crippen LogP contribution in [0, 0.1) is 5.82 Å². The average molecular weight is 351 g/mol. The number of benzene rings is 1. The fourth-order valence-electron chi connectivity index (χ4n) is 1.99. The van der Waals surface area contributed by atoms with Crippen LogP contribution >= 0.6 is 0 Å². The number of imidazole rings is 1. The number of halogens is 4. The van der Waals surface area contributed by atoms with Crippen molar-refractivity contribution in [2.75, 3.05) is 5.32 Å². The second-order valence-corrected chi connectivity index (χ2v) is 4.89. The third-order valence-corrected chi connectivity index (χ3v) is 3.18. The van der Waals surface area contributed by atoms with Gasteiger partial charge in [0.25, 0.3) is 5.91 Å². The first-order valence-corrected chi connectivity index (χ1v) is 6.85. The summed E-state index contributed by atoms with van der Waals surface area (Å²) < 4.78 is 52.9. The normalized spacial score (nSPS) is 11.4. The lowest BCUT2D eigenvalue weighted by atomic mass is 10.1. The smallest absolute Gasteiger partial charge is 0.321 e.